The van der Waals surface area contributed by atoms with Gasteiger partial charge < -0.3 is 5.32 Å². The van der Waals surface area contributed by atoms with E-state index in [9.17, 15) is 9.59 Å². The van der Waals surface area contributed by atoms with E-state index in [0.29, 0.717) is 11.4 Å². The predicted molar refractivity (Wildman–Crippen MR) is 68.3 cm³/mol. The molecular weight excluding hydrogens is 244 g/mol. The number of benzene rings is 1. The number of hydrogen-bond donors (Lipinski definition) is 2. The second kappa shape index (κ2) is 5.60. The van der Waals surface area contributed by atoms with Crippen LogP contribution in [-0.4, -0.2) is 16.1 Å². The van der Waals surface area contributed by atoms with E-state index in [-0.39, 0.29) is 17.9 Å². The molecular formula is C13H10N4O2. The van der Waals surface area contributed by atoms with Gasteiger partial charge in [-0.1, -0.05) is 12.1 Å². The van der Waals surface area contributed by atoms with E-state index in [2.05, 4.69) is 15.5 Å². The number of nitrogens with zero attached hydrogens (tertiary/aromatic N) is 2. The first-order valence-corrected chi connectivity index (χ1v) is 5.52. The molecule has 0 aliphatic rings. The lowest BCUT2D eigenvalue weighted by Crippen LogP contribution is -2.17. The van der Waals surface area contributed by atoms with Crippen molar-refractivity contribution >= 4 is 11.7 Å². The Morgan fingerprint density at radius 2 is 2.00 bits per heavy atom. The van der Waals surface area contributed by atoms with Crippen molar-refractivity contribution in [3.8, 4) is 6.07 Å². The highest BCUT2D eigenvalue weighted by Crippen LogP contribution is 2.05. The van der Waals surface area contributed by atoms with Crippen LogP contribution in [0.3, 0.4) is 0 Å². The molecule has 0 radical (unpaired) electrons. The first kappa shape index (κ1) is 12.5. The first-order valence-electron chi connectivity index (χ1n) is 5.52. The molecule has 0 atom stereocenters. The molecule has 0 fully saturated rings. The van der Waals surface area contributed by atoms with E-state index in [1.165, 1.54) is 12.1 Å². The summed E-state index contributed by atoms with van der Waals surface area (Å²) in [6.07, 6.45) is 0.173. The Balaban J connectivity index is 1.99. The van der Waals surface area contributed by atoms with Crippen molar-refractivity contribution in [1.82, 2.24) is 10.2 Å². The number of aromatic nitrogens is 2. The third-order valence-corrected chi connectivity index (χ3v) is 2.39. The van der Waals surface area contributed by atoms with Gasteiger partial charge in [0.2, 0.25) is 5.91 Å². The van der Waals surface area contributed by atoms with Crippen LogP contribution in [0, 0.1) is 11.3 Å². The molecule has 0 saturated heterocycles. The summed E-state index contributed by atoms with van der Waals surface area (Å²) >= 11 is 0. The highest BCUT2D eigenvalue weighted by atomic mass is 16.1. The van der Waals surface area contributed by atoms with E-state index in [4.69, 9.17) is 5.26 Å². The van der Waals surface area contributed by atoms with Gasteiger partial charge in [-0.05, 0) is 23.8 Å². The number of aromatic amines is 1. The number of H-pyrrole nitrogens is 1. The topological polar surface area (TPSA) is 98.6 Å². The molecule has 0 bridgehead atoms. The second-order valence-corrected chi connectivity index (χ2v) is 3.84. The summed E-state index contributed by atoms with van der Waals surface area (Å²) in [6.45, 7) is 0. The van der Waals surface area contributed by atoms with Crippen LogP contribution in [0.1, 0.15) is 11.1 Å². The lowest BCUT2D eigenvalue weighted by Gasteiger charge is -2.03. The van der Waals surface area contributed by atoms with Gasteiger partial charge in [0.15, 0.2) is 5.82 Å². The fourth-order valence-electron chi connectivity index (χ4n) is 1.48. The molecule has 2 N–H and O–H groups in total. The quantitative estimate of drug-likeness (QED) is 0.847. The molecule has 2 aromatic rings. The third-order valence-electron chi connectivity index (χ3n) is 2.39. The third kappa shape index (κ3) is 3.51. The van der Waals surface area contributed by atoms with Crippen LogP contribution in [0.25, 0.3) is 0 Å². The second-order valence-electron chi connectivity index (χ2n) is 3.84. The average molecular weight is 254 g/mol. The van der Waals surface area contributed by atoms with Crippen molar-refractivity contribution in [2.75, 3.05) is 5.32 Å². The Morgan fingerprint density at radius 1 is 1.26 bits per heavy atom. The molecule has 6 heteroatoms. The van der Waals surface area contributed by atoms with E-state index >= 15 is 0 Å². The molecule has 0 saturated carbocycles. The number of carbonyl (C=O) groups excluding carboxylic acids is 1. The molecule has 0 spiro atoms. The van der Waals surface area contributed by atoms with E-state index < -0.39 is 0 Å². The van der Waals surface area contributed by atoms with Crippen molar-refractivity contribution in [1.29, 1.82) is 5.26 Å². The van der Waals surface area contributed by atoms with Gasteiger partial charge in [0.25, 0.3) is 5.56 Å². The van der Waals surface area contributed by atoms with Crippen molar-refractivity contribution in [2.24, 2.45) is 0 Å². The summed E-state index contributed by atoms with van der Waals surface area (Å²) in [5.41, 5.74) is 1.01. The van der Waals surface area contributed by atoms with E-state index in [0.717, 1.165) is 5.56 Å². The van der Waals surface area contributed by atoms with Gasteiger partial charge >= 0.3 is 0 Å². The molecule has 2 rings (SSSR count). The molecule has 0 unspecified atom stereocenters. The molecule has 19 heavy (non-hydrogen) atoms. The molecule has 0 aliphatic heterocycles. The Hall–Kier alpha value is -2.94. The van der Waals surface area contributed by atoms with Gasteiger partial charge in [0.1, 0.15) is 0 Å². The van der Waals surface area contributed by atoms with Crippen molar-refractivity contribution in [3.63, 3.8) is 0 Å². The SMILES string of the molecule is N#Cc1ccc(CC(=O)Nc2ccc(=O)[nH]n2)cc1. The van der Waals surface area contributed by atoms with E-state index in [1.807, 2.05) is 6.07 Å². The molecule has 1 amide bonds. The monoisotopic (exact) mass is 254 g/mol. The standard InChI is InChI=1S/C13H10N4O2/c14-8-10-3-1-9(2-4-10)7-13(19)15-11-5-6-12(18)17-16-11/h1-6H,7H2,(H,17,18)(H,15,16,19). The van der Waals surface area contributed by atoms with Gasteiger partial charge in [-0.25, -0.2) is 5.10 Å². The highest BCUT2D eigenvalue weighted by molar-refractivity contribution is 5.91. The summed E-state index contributed by atoms with van der Waals surface area (Å²) in [5.74, 6) is 0.0440. The van der Waals surface area contributed by atoms with Gasteiger partial charge in [-0.15, -0.1) is 0 Å². The zero-order chi connectivity index (χ0) is 13.7. The number of rotatable bonds is 3. The normalized spacial score (nSPS) is 9.63. The minimum absolute atomic E-state index is 0.173. The average Bonchev–Trinajstić information content (AvgIpc) is 2.42. The minimum atomic E-state index is -0.329. The van der Waals surface area contributed by atoms with Gasteiger partial charge in [0, 0.05) is 6.07 Å². The maximum Gasteiger partial charge on any atom is 0.264 e. The molecule has 1 aromatic heterocycles. The Morgan fingerprint density at radius 3 is 2.58 bits per heavy atom. The summed E-state index contributed by atoms with van der Waals surface area (Å²) in [5, 5.41) is 17.1. The van der Waals surface area contributed by atoms with Crippen LogP contribution >= 0.6 is 0 Å². The lowest BCUT2D eigenvalue weighted by atomic mass is 10.1. The van der Waals surface area contributed by atoms with Crippen LogP contribution in [0.4, 0.5) is 5.82 Å². The highest BCUT2D eigenvalue weighted by Gasteiger charge is 2.05. The Bertz CT molecular complexity index is 663. The van der Waals surface area contributed by atoms with Gasteiger partial charge in [-0.3, -0.25) is 9.59 Å². The minimum Gasteiger partial charge on any atom is -0.309 e. The number of carbonyl (C=O) groups is 1. The Kier molecular flexibility index (Phi) is 3.69. The number of nitrogens with one attached hydrogen (secondary N) is 2. The molecule has 6 nitrogen and oxygen atoms in total. The van der Waals surface area contributed by atoms with Gasteiger partial charge in [0.05, 0.1) is 18.1 Å². The lowest BCUT2D eigenvalue weighted by molar-refractivity contribution is -0.115. The van der Waals surface area contributed by atoms with Crippen LogP contribution in [-0.2, 0) is 11.2 Å². The largest absolute Gasteiger partial charge is 0.309 e. The van der Waals surface area contributed by atoms with Crippen LogP contribution in [0.15, 0.2) is 41.2 Å². The number of hydrogen-bond acceptors (Lipinski definition) is 4. The summed E-state index contributed by atoms with van der Waals surface area (Å²) in [6, 6.07) is 11.5. The number of amides is 1. The number of nitriles is 1. The Labute approximate surface area is 108 Å². The first-order chi connectivity index (χ1) is 9.17. The zero-order valence-corrected chi connectivity index (χ0v) is 9.88. The summed E-state index contributed by atoms with van der Waals surface area (Å²) in [4.78, 5) is 22.5. The van der Waals surface area contributed by atoms with Crippen LogP contribution < -0.4 is 10.9 Å². The molecule has 1 aromatic carbocycles. The van der Waals surface area contributed by atoms with Crippen LogP contribution in [0.2, 0.25) is 0 Å². The molecule has 94 valence electrons. The van der Waals surface area contributed by atoms with Crippen molar-refractivity contribution in [2.45, 2.75) is 6.42 Å². The summed E-state index contributed by atoms with van der Waals surface area (Å²) in [7, 11) is 0. The van der Waals surface area contributed by atoms with Gasteiger partial charge in [-0.2, -0.15) is 10.4 Å². The zero-order valence-electron chi connectivity index (χ0n) is 9.88. The molecule has 0 aliphatic carbocycles. The predicted octanol–water partition coefficient (Wildman–Crippen LogP) is 0.823. The summed E-state index contributed by atoms with van der Waals surface area (Å²) < 4.78 is 0. The fraction of sp³-hybridized carbons (Fsp3) is 0.0769. The van der Waals surface area contributed by atoms with Crippen LogP contribution in [0.5, 0.6) is 0 Å². The van der Waals surface area contributed by atoms with E-state index in [1.54, 1.807) is 24.3 Å². The van der Waals surface area contributed by atoms with Crippen molar-refractivity contribution in [3.05, 3.63) is 57.9 Å². The van der Waals surface area contributed by atoms with Crippen molar-refractivity contribution < 1.29 is 4.79 Å². The maximum atomic E-state index is 11.7. The maximum absolute atomic E-state index is 11.7. The fourth-order valence-corrected chi connectivity index (χ4v) is 1.48. The smallest absolute Gasteiger partial charge is 0.264 e. The number of anilines is 1. The molecule has 1 heterocycles.